The molecular formula is C31H35F3N2O5S. The van der Waals surface area contributed by atoms with E-state index in [0.29, 0.717) is 38.3 Å². The summed E-state index contributed by atoms with van der Waals surface area (Å²) in [5.41, 5.74) is 2.29. The number of halogens is 3. The van der Waals surface area contributed by atoms with Crippen molar-refractivity contribution in [3.63, 3.8) is 0 Å². The summed E-state index contributed by atoms with van der Waals surface area (Å²) < 4.78 is 74.0. The van der Waals surface area contributed by atoms with Gasteiger partial charge in [0.15, 0.2) is 9.84 Å². The molecule has 42 heavy (non-hydrogen) atoms. The van der Waals surface area contributed by atoms with Crippen molar-refractivity contribution >= 4 is 21.4 Å². The highest BCUT2D eigenvalue weighted by molar-refractivity contribution is 7.91. The molecule has 1 aliphatic heterocycles. The average Bonchev–Trinajstić information content (AvgIpc) is 3.42. The lowest BCUT2D eigenvalue weighted by molar-refractivity contribution is -0.137. The summed E-state index contributed by atoms with van der Waals surface area (Å²) in [7, 11) is -1.69. The summed E-state index contributed by atoms with van der Waals surface area (Å²) in [6.07, 6.45) is -3.67. The molecule has 1 unspecified atom stereocenters. The van der Waals surface area contributed by atoms with Crippen molar-refractivity contribution in [1.82, 2.24) is 5.32 Å². The maximum absolute atomic E-state index is 13.1. The van der Waals surface area contributed by atoms with Crippen LogP contribution >= 0.6 is 0 Å². The molecular weight excluding hydrogens is 569 g/mol. The third kappa shape index (κ3) is 7.90. The van der Waals surface area contributed by atoms with Crippen LogP contribution in [0, 0.1) is 0 Å². The summed E-state index contributed by atoms with van der Waals surface area (Å²) in [6, 6.07) is 19.0. The molecule has 0 saturated carbocycles. The van der Waals surface area contributed by atoms with E-state index < -0.39 is 21.6 Å². The van der Waals surface area contributed by atoms with E-state index in [0.717, 1.165) is 28.9 Å². The number of hydrogen-bond acceptors (Lipinski definition) is 6. The number of alkyl halides is 3. The molecule has 11 heteroatoms. The standard InChI is InChI=1S/C31H35F3N2O5S/c1-3-42(38,39)29-14-4-22(5-15-29)19-35-30(37)24-8-12-27(13-9-24)36-20-25(18-28(36)21-41-17-16-40-2)23-6-10-26(11-7-23)31(32,33)34/h4-15,25,28H,3,16-21H2,1-2H3,(H,35,37)/t25?,28-/m0/s1. The van der Waals surface area contributed by atoms with Gasteiger partial charge in [-0.05, 0) is 66.1 Å². The molecule has 1 amide bonds. The van der Waals surface area contributed by atoms with E-state index in [4.69, 9.17) is 9.47 Å². The predicted molar refractivity (Wildman–Crippen MR) is 154 cm³/mol. The highest BCUT2D eigenvalue weighted by Crippen LogP contribution is 2.37. The lowest BCUT2D eigenvalue weighted by Gasteiger charge is -2.27. The van der Waals surface area contributed by atoms with E-state index in [9.17, 15) is 26.4 Å². The number of amides is 1. The molecule has 2 atom stereocenters. The Balaban J connectivity index is 1.42. The predicted octanol–water partition coefficient (Wildman–Crippen LogP) is 5.45. The Labute approximate surface area is 244 Å². The van der Waals surface area contributed by atoms with Crippen LogP contribution in [0.1, 0.15) is 46.3 Å². The summed E-state index contributed by atoms with van der Waals surface area (Å²) in [6.45, 7) is 3.75. The number of nitrogens with zero attached hydrogens (tertiary/aromatic N) is 1. The minimum Gasteiger partial charge on any atom is -0.382 e. The number of ether oxygens (including phenoxy) is 2. The number of sulfone groups is 1. The van der Waals surface area contributed by atoms with Crippen molar-refractivity contribution in [3.05, 3.63) is 95.1 Å². The first-order valence-corrected chi connectivity index (χ1v) is 15.4. The second kappa shape index (κ2) is 13.7. The van der Waals surface area contributed by atoms with Gasteiger partial charge < -0.3 is 19.7 Å². The van der Waals surface area contributed by atoms with Gasteiger partial charge in [0.2, 0.25) is 0 Å². The molecule has 1 N–H and O–H groups in total. The van der Waals surface area contributed by atoms with E-state index in [1.54, 1.807) is 62.6 Å². The molecule has 0 aromatic heterocycles. The van der Waals surface area contributed by atoms with Crippen LogP contribution in [0.4, 0.5) is 18.9 Å². The summed E-state index contributed by atoms with van der Waals surface area (Å²) in [4.78, 5) is 15.2. The number of hydrogen-bond donors (Lipinski definition) is 1. The molecule has 0 aliphatic carbocycles. The van der Waals surface area contributed by atoms with Crippen molar-refractivity contribution in [2.24, 2.45) is 0 Å². The topological polar surface area (TPSA) is 84.9 Å². The fraction of sp³-hybridized carbons (Fsp3) is 0.387. The normalized spacial score (nSPS) is 17.4. The maximum atomic E-state index is 13.1. The van der Waals surface area contributed by atoms with Crippen molar-refractivity contribution in [2.75, 3.05) is 44.1 Å². The molecule has 0 bridgehead atoms. The number of methoxy groups -OCH3 is 1. The molecule has 1 fully saturated rings. The van der Waals surface area contributed by atoms with Gasteiger partial charge in [0.05, 0.1) is 42.1 Å². The smallest absolute Gasteiger partial charge is 0.382 e. The van der Waals surface area contributed by atoms with Crippen LogP contribution in [-0.4, -0.2) is 59.6 Å². The second-order valence-electron chi connectivity index (χ2n) is 10.2. The van der Waals surface area contributed by atoms with E-state index in [2.05, 4.69) is 10.2 Å². The Bertz CT molecular complexity index is 1430. The molecule has 226 valence electrons. The van der Waals surface area contributed by atoms with Gasteiger partial charge in [0.1, 0.15) is 0 Å². The summed E-state index contributed by atoms with van der Waals surface area (Å²) in [5.74, 6) is -0.228. The molecule has 1 heterocycles. The van der Waals surface area contributed by atoms with Gasteiger partial charge in [-0.2, -0.15) is 13.2 Å². The number of carbonyl (C=O) groups is 1. The zero-order valence-electron chi connectivity index (χ0n) is 23.6. The van der Waals surface area contributed by atoms with Crippen LogP contribution < -0.4 is 10.2 Å². The van der Waals surface area contributed by atoms with E-state index in [-0.39, 0.29) is 35.1 Å². The first-order valence-electron chi connectivity index (χ1n) is 13.7. The molecule has 3 aromatic carbocycles. The van der Waals surface area contributed by atoms with E-state index in [1.807, 2.05) is 12.1 Å². The first kappa shape index (κ1) is 31.5. The molecule has 0 radical (unpaired) electrons. The van der Waals surface area contributed by atoms with Gasteiger partial charge in [0.25, 0.3) is 5.91 Å². The molecule has 3 aromatic rings. The number of benzene rings is 3. The van der Waals surface area contributed by atoms with Crippen molar-refractivity contribution < 1.29 is 35.9 Å². The average molecular weight is 605 g/mol. The molecule has 7 nitrogen and oxygen atoms in total. The van der Waals surface area contributed by atoms with Gasteiger partial charge in [-0.15, -0.1) is 0 Å². The van der Waals surface area contributed by atoms with Crippen LogP contribution in [0.25, 0.3) is 0 Å². The Kier molecular flexibility index (Phi) is 10.3. The number of nitrogens with one attached hydrogen (secondary N) is 1. The van der Waals surface area contributed by atoms with Gasteiger partial charge in [0, 0.05) is 37.4 Å². The highest BCUT2D eigenvalue weighted by atomic mass is 32.2. The number of anilines is 1. The first-order chi connectivity index (χ1) is 20.0. The van der Waals surface area contributed by atoms with Crippen LogP contribution in [0.5, 0.6) is 0 Å². The minimum absolute atomic E-state index is 0.00619. The monoisotopic (exact) mass is 604 g/mol. The third-order valence-corrected chi connectivity index (χ3v) is 9.19. The quantitative estimate of drug-likeness (QED) is 0.277. The zero-order chi connectivity index (χ0) is 30.3. The molecule has 4 rings (SSSR count). The lowest BCUT2D eigenvalue weighted by Crippen LogP contribution is -2.33. The largest absolute Gasteiger partial charge is 0.416 e. The van der Waals surface area contributed by atoms with Gasteiger partial charge in [-0.3, -0.25) is 4.79 Å². The van der Waals surface area contributed by atoms with Gasteiger partial charge >= 0.3 is 6.18 Å². The Morgan fingerprint density at radius 2 is 1.64 bits per heavy atom. The zero-order valence-corrected chi connectivity index (χ0v) is 24.4. The molecule has 1 saturated heterocycles. The minimum atomic E-state index is -4.38. The highest BCUT2D eigenvalue weighted by Gasteiger charge is 2.35. The van der Waals surface area contributed by atoms with E-state index >= 15 is 0 Å². The van der Waals surface area contributed by atoms with Gasteiger partial charge in [-0.25, -0.2) is 8.42 Å². The summed E-state index contributed by atoms with van der Waals surface area (Å²) in [5, 5.41) is 2.85. The maximum Gasteiger partial charge on any atom is 0.416 e. The second-order valence-corrected chi connectivity index (χ2v) is 12.5. The van der Waals surface area contributed by atoms with Gasteiger partial charge in [-0.1, -0.05) is 31.2 Å². The van der Waals surface area contributed by atoms with Crippen LogP contribution in [-0.2, 0) is 32.0 Å². The van der Waals surface area contributed by atoms with Crippen molar-refractivity contribution in [3.8, 4) is 0 Å². The van der Waals surface area contributed by atoms with E-state index in [1.165, 1.54) is 0 Å². The summed E-state index contributed by atoms with van der Waals surface area (Å²) >= 11 is 0. The molecule has 0 spiro atoms. The van der Waals surface area contributed by atoms with Crippen LogP contribution in [0.15, 0.2) is 77.7 Å². The van der Waals surface area contributed by atoms with Crippen molar-refractivity contribution in [1.29, 1.82) is 0 Å². The van der Waals surface area contributed by atoms with Crippen LogP contribution in [0.3, 0.4) is 0 Å². The molecule has 1 aliphatic rings. The number of carbonyl (C=O) groups excluding carboxylic acids is 1. The fourth-order valence-corrected chi connectivity index (χ4v) is 5.89. The number of rotatable bonds is 12. The third-order valence-electron chi connectivity index (χ3n) is 7.44. The van der Waals surface area contributed by atoms with Crippen molar-refractivity contribution in [2.45, 2.75) is 42.9 Å². The Morgan fingerprint density at radius 1 is 0.976 bits per heavy atom. The van der Waals surface area contributed by atoms with Crippen LogP contribution in [0.2, 0.25) is 0 Å². The Morgan fingerprint density at radius 3 is 2.24 bits per heavy atom. The SMILES string of the molecule is CCS(=O)(=O)c1ccc(CNC(=O)c2ccc(N3CC(c4ccc(C(F)(F)F)cc4)C[C@H]3COCCOC)cc2)cc1. The lowest BCUT2D eigenvalue weighted by atomic mass is 9.95. The Hall–Kier alpha value is -3.41. The fourth-order valence-electron chi connectivity index (χ4n) is 5.01.